The highest BCUT2D eigenvalue weighted by Gasteiger charge is 2.24. The number of nitrogens with two attached hydrogens (primary N) is 1. The van der Waals surface area contributed by atoms with Crippen molar-refractivity contribution in [3.05, 3.63) is 35.9 Å². The Kier molecular flexibility index (Phi) is 3.54. The van der Waals surface area contributed by atoms with Gasteiger partial charge < -0.3 is 15.2 Å². The molecule has 0 spiro atoms. The van der Waals surface area contributed by atoms with Crippen molar-refractivity contribution in [2.75, 3.05) is 13.2 Å². The van der Waals surface area contributed by atoms with E-state index in [9.17, 15) is 4.79 Å². The second kappa shape index (κ2) is 5.09. The summed E-state index contributed by atoms with van der Waals surface area (Å²) in [6, 6.07) is 8.50. The van der Waals surface area contributed by atoms with Crippen LogP contribution < -0.4 is 5.73 Å². The minimum Gasteiger partial charge on any atom is -0.458 e. The minimum atomic E-state index is -0.707. The number of esters is 1. The second-order valence-corrected chi connectivity index (χ2v) is 3.81. The van der Waals surface area contributed by atoms with Crippen molar-refractivity contribution in [2.45, 2.75) is 18.6 Å². The first kappa shape index (κ1) is 11.1. The largest absolute Gasteiger partial charge is 0.458 e. The van der Waals surface area contributed by atoms with Crippen LogP contribution in [0.1, 0.15) is 18.0 Å². The molecular weight excluding hydrogens is 206 g/mol. The van der Waals surface area contributed by atoms with Gasteiger partial charge in [-0.15, -0.1) is 0 Å². The van der Waals surface area contributed by atoms with Gasteiger partial charge in [0.2, 0.25) is 0 Å². The molecule has 4 nitrogen and oxygen atoms in total. The van der Waals surface area contributed by atoms with E-state index in [1.807, 2.05) is 30.3 Å². The molecule has 0 saturated carbocycles. The normalized spacial score (nSPS) is 21.7. The van der Waals surface area contributed by atoms with Gasteiger partial charge in [0.15, 0.2) is 0 Å². The maximum Gasteiger partial charge on any atom is 0.327 e. The standard InChI is InChI=1S/C12H15NO3/c13-11(9-4-2-1-3-5-9)12(14)16-10-6-7-15-8-10/h1-5,10-11H,6-8,13H2. The molecule has 16 heavy (non-hydrogen) atoms. The summed E-state index contributed by atoms with van der Waals surface area (Å²) in [5.74, 6) is -0.387. The maximum atomic E-state index is 11.7. The van der Waals surface area contributed by atoms with Gasteiger partial charge in [0.1, 0.15) is 12.1 Å². The lowest BCUT2D eigenvalue weighted by molar-refractivity contribution is -0.150. The van der Waals surface area contributed by atoms with Crippen molar-refractivity contribution in [1.82, 2.24) is 0 Å². The molecule has 1 aliphatic heterocycles. The van der Waals surface area contributed by atoms with Crippen molar-refractivity contribution in [3.63, 3.8) is 0 Å². The maximum absolute atomic E-state index is 11.7. The van der Waals surface area contributed by atoms with Crippen LogP contribution in [0.5, 0.6) is 0 Å². The fourth-order valence-electron chi connectivity index (χ4n) is 1.64. The van der Waals surface area contributed by atoms with E-state index in [1.165, 1.54) is 0 Å². The first-order valence-corrected chi connectivity index (χ1v) is 5.36. The molecule has 4 heteroatoms. The highest BCUT2D eigenvalue weighted by Crippen LogP contribution is 2.15. The number of carbonyl (C=O) groups is 1. The van der Waals surface area contributed by atoms with E-state index in [2.05, 4.69) is 0 Å². The van der Waals surface area contributed by atoms with Gasteiger partial charge in [-0.3, -0.25) is 0 Å². The molecule has 1 aromatic carbocycles. The van der Waals surface area contributed by atoms with Crippen molar-refractivity contribution >= 4 is 5.97 Å². The molecule has 0 radical (unpaired) electrons. The van der Waals surface area contributed by atoms with Crippen LogP contribution in [-0.4, -0.2) is 25.3 Å². The predicted octanol–water partition coefficient (Wildman–Crippen LogP) is 1.02. The Bertz CT molecular complexity index is 347. The summed E-state index contributed by atoms with van der Waals surface area (Å²) in [7, 11) is 0. The van der Waals surface area contributed by atoms with Gasteiger partial charge >= 0.3 is 5.97 Å². The molecule has 0 amide bonds. The van der Waals surface area contributed by atoms with E-state index in [0.29, 0.717) is 13.2 Å². The minimum absolute atomic E-state index is 0.137. The van der Waals surface area contributed by atoms with E-state index in [0.717, 1.165) is 12.0 Å². The monoisotopic (exact) mass is 221 g/mol. The van der Waals surface area contributed by atoms with E-state index in [1.54, 1.807) is 0 Å². The summed E-state index contributed by atoms with van der Waals surface area (Å²) in [5, 5.41) is 0. The molecule has 1 saturated heterocycles. The smallest absolute Gasteiger partial charge is 0.327 e. The molecule has 2 rings (SSSR count). The lowest BCUT2D eigenvalue weighted by Crippen LogP contribution is -2.28. The topological polar surface area (TPSA) is 61.6 Å². The predicted molar refractivity (Wildman–Crippen MR) is 58.7 cm³/mol. The number of benzene rings is 1. The molecular formula is C12H15NO3. The Morgan fingerprint density at radius 2 is 2.19 bits per heavy atom. The Hall–Kier alpha value is -1.39. The fraction of sp³-hybridized carbons (Fsp3) is 0.417. The molecule has 0 bridgehead atoms. The summed E-state index contributed by atoms with van der Waals surface area (Å²) in [5.41, 5.74) is 6.57. The van der Waals surface area contributed by atoms with Crippen LogP contribution >= 0.6 is 0 Å². The third-order valence-electron chi connectivity index (χ3n) is 2.58. The quantitative estimate of drug-likeness (QED) is 0.774. The Morgan fingerprint density at radius 1 is 1.44 bits per heavy atom. The number of hydrogen-bond donors (Lipinski definition) is 1. The zero-order valence-corrected chi connectivity index (χ0v) is 8.96. The van der Waals surface area contributed by atoms with Gasteiger partial charge in [0.25, 0.3) is 0 Å². The van der Waals surface area contributed by atoms with Crippen LogP contribution in [0.3, 0.4) is 0 Å². The Labute approximate surface area is 94.3 Å². The summed E-state index contributed by atoms with van der Waals surface area (Å²) < 4.78 is 10.4. The zero-order chi connectivity index (χ0) is 11.4. The molecule has 0 aromatic heterocycles. The third-order valence-corrected chi connectivity index (χ3v) is 2.58. The first-order valence-electron chi connectivity index (χ1n) is 5.36. The number of carbonyl (C=O) groups excluding carboxylic acids is 1. The number of hydrogen-bond acceptors (Lipinski definition) is 4. The SMILES string of the molecule is NC(C(=O)OC1CCOC1)c1ccccc1. The van der Waals surface area contributed by atoms with Crippen LogP contribution in [0.25, 0.3) is 0 Å². The van der Waals surface area contributed by atoms with Crippen molar-refractivity contribution in [2.24, 2.45) is 5.73 Å². The van der Waals surface area contributed by atoms with Crippen molar-refractivity contribution < 1.29 is 14.3 Å². The summed E-state index contributed by atoms with van der Waals surface area (Å²) in [4.78, 5) is 11.7. The lowest BCUT2D eigenvalue weighted by Gasteiger charge is -2.15. The van der Waals surface area contributed by atoms with E-state index in [-0.39, 0.29) is 12.1 Å². The molecule has 2 N–H and O–H groups in total. The van der Waals surface area contributed by atoms with Gasteiger partial charge in [0.05, 0.1) is 13.2 Å². The van der Waals surface area contributed by atoms with E-state index < -0.39 is 6.04 Å². The van der Waals surface area contributed by atoms with Gasteiger partial charge in [-0.25, -0.2) is 4.79 Å². The summed E-state index contributed by atoms with van der Waals surface area (Å²) in [6.07, 6.45) is 0.620. The molecule has 86 valence electrons. The average Bonchev–Trinajstić information content (AvgIpc) is 2.82. The molecule has 1 fully saturated rings. The molecule has 0 aliphatic carbocycles. The molecule has 1 aliphatic rings. The van der Waals surface area contributed by atoms with Crippen LogP contribution in [0, 0.1) is 0 Å². The fourth-order valence-corrected chi connectivity index (χ4v) is 1.64. The second-order valence-electron chi connectivity index (χ2n) is 3.81. The van der Waals surface area contributed by atoms with E-state index in [4.69, 9.17) is 15.2 Å². The lowest BCUT2D eigenvalue weighted by atomic mass is 10.1. The molecule has 2 atom stereocenters. The summed E-state index contributed by atoms with van der Waals surface area (Å²) >= 11 is 0. The van der Waals surface area contributed by atoms with Crippen molar-refractivity contribution in [1.29, 1.82) is 0 Å². The molecule has 2 unspecified atom stereocenters. The molecule has 1 aromatic rings. The number of ether oxygens (including phenoxy) is 2. The Morgan fingerprint density at radius 3 is 2.81 bits per heavy atom. The van der Waals surface area contributed by atoms with Crippen molar-refractivity contribution in [3.8, 4) is 0 Å². The molecule has 1 heterocycles. The van der Waals surface area contributed by atoms with Gasteiger partial charge in [-0.05, 0) is 5.56 Å². The first-order chi connectivity index (χ1) is 7.77. The van der Waals surface area contributed by atoms with Crippen LogP contribution in [-0.2, 0) is 14.3 Å². The van der Waals surface area contributed by atoms with E-state index >= 15 is 0 Å². The van der Waals surface area contributed by atoms with Crippen LogP contribution in [0.2, 0.25) is 0 Å². The van der Waals surface area contributed by atoms with Crippen LogP contribution in [0.15, 0.2) is 30.3 Å². The van der Waals surface area contributed by atoms with Gasteiger partial charge in [-0.2, -0.15) is 0 Å². The zero-order valence-electron chi connectivity index (χ0n) is 8.96. The van der Waals surface area contributed by atoms with Gasteiger partial charge in [0, 0.05) is 6.42 Å². The van der Waals surface area contributed by atoms with Crippen LogP contribution in [0.4, 0.5) is 0 Å². The Balaban J connectivity index is 1.94. The highest BCUT2D eigenvalue weighted by molar-refractivity contribution is 5.77. The van der Waals surface area contributed by atoms with Gasteiger partial charge in [-0.1, -0.05) is 30.3 Å². The summed E-state index contributed by atoms with van der Waals surface area (Å²) in [6.45, 7) is 1.13. The third kappa shape index (κ3) is 2.59. The number of rotatable bonds is 3. The highest BCUT2D eigenvalue weighted by atomic mass is 16.6. The average molecular weight is 221 g/mol.